The summed E-state index contributed by atoms with van der Waals surface area (Å²) in [5, 5.41) is 10.1. The van der Waals surface area contributed by atoms with Gasteiger partial charge in [-0.3, -0.25) is 4.68 Å². The van der Waals surface area contributed by atoms with E-state index < -0.39 is 0 Å². The number of thiazole rings is 1. The lowest BCUT2D eigenvalue weighted by molar-refractivity contribution is 0.773. The first kappa shape index (κ1) is 14.0. The fourth-order valence-corrected chi connectivity index (χ4v) is 3.57. The Morgan fingerprint density at radius 3 is 2.71 bits per heavy atom. The molecule has 1 atom stereocenters. The molecule has 0 aliphatic heterocycles. The Labute approximate surface area is 128 Å². The highest BCUT2D eigenvalue weighted by molar-refractivity contribution is 7.11. The van der Waals surface area contributed by atoms with Crippen molar-refractivity contribution in [3.05, 3.63) is 33.5 Å². The van der Waals surface area contributed by atoms with Crippen LogP contribution in [0.1, 0.15) is 34.2 Å². The van der Waals surface area contributed by atoms with Gasteiger partial charge in [0.2, 0.25) is 0 Å². The minimum atomic E-state index is 0.158. The fraction of sp³-hybridized carbons (Fsp3) is 0.400. The Morgan fingerprint density at radius 1 is 1.29 bits per heavy atom. The molecule has 1 unspecified atom stereocenters. The number of pyridine rings is 1. The van der Waals surface area contributed by atoms with Crippen molar-refractivity contribution >= 4 is 28.1 Å². The molecule has 3 heterocycles. The van der Waals surface area contributed by atoms with Crippen molar-refractivity contribution in [3.63, 3.8) is 0 Å². The highest BCUT2D eigenvalue weighted by Gasteiger charge is 2.14. The van der Waals surface area contributed by atoms with Crippen molar-refractivity contribution in [1.29, 1.82) is 0 Å². The van der Waals surface area contributed by atoms with Gasteiger partial charge in [0.1, 0.15) is 0 Å². The van der Waals surface area contributed by atoms with E-state index in [9.17, 15) is 0 Å². The van der Waals surface area contributed by atoms with E-state index in [0.29, 0.717) is 0 Å². The fourth-order valence-electron chi connectivity index (χ4n) is 2.65. The van der Waals surface area contributed by atoms with E-state index in [1.807, 2.05) is 31.8 Å². The molecule has 0 amide bonds. The quantitative estimate of drug-likeness (QED) is 0.804. The Balaban J connectivity index is 1.91. The molecule has 3 rings (SSSR count). The van der Waals surface area contributed by atoms with E-state index in [1.54, 1.807) is 11.3 Å². The van der Waals surface area contributed by atoms with E-state index in [4.69, 9.17) is 0 Å². The summed E-state index contributed by atoms with van der Waals surface area (Å²) in [5.74, 6) is 0. The van der Waals surface area contributed by atoms with Gasteiger partial charge in [-0.2, -0.15) is 5.10 Å². The summed E-state index contributed by atoms with van der Waals surface area (Å²) in [6.07, 6.45) is 1.86. The highest BCUT2D eigenvalue weighted by Crippen LogP contribution is 2.27. The van der Waals surface area contributed by atoms with Crippen LogP contribution >= 0.6 is 11.3 Å². The lowest BCUT2D eigenvalue weighted by atomic mass is 10.2. The zero-order valence-electron chi connectivity index (χ0n) is 12.9. The summed E-state index contributed by atoms with van der Waals surface area (Å²) in [5.41, 5.74) is 4.01. The lowest BCUT2D eigenvalue weighted by Crippen LogP contribution is -2.08. The summed E-state index contributed by atoms with van der Waals surface area (Å²) < 4.78 is 1.81. The number of rotatable bonds is 3. The van der Waals surface area contributed by atoms with Crippen molar-refractivity contribution in [3.8, 4) is 0 Å². The largest absolute Gasteiger partial charge is 0.376 e. The molecule has 110 valence electrons. The maximum Gasteiger partial charge on any atom is 0.157 e. The second-order valence-electron chi connectivity index (χ2n) is 5.34. The summed E-state index contributed by atoms with van der Waals surface area (Å²) in [6.45, 7) is 8.29. The van der Waals surface area contributed by atoms with Crippen molar-refractivity contribution in [2.45, 2.75) is 33.7 Å². The SMILES string of the molecule is Cc1nc(C(C)Nc2cnc3c(c2)c(C)nn3C)c(C)s1. The number of nitrogens with zero attached hydrogens (tertiary/aromatic N) is 4. The van der Waals surface area contributed by atoms with E-state index in [-0.39, 0.29) is 6.04 Å². The smallest absolute Gasteiger partial charge is 0.157 e. The van der Waals surface area contributed by atoms with Crippen LogP contribution in [0.4, 0.5) is 5.69 Å². The van der Waals surface area contributed by atoms with Crippen molar-refractivity contribution in [2.75, 3.05) is 5.32 Å². The molecule has 6 heteroatoms. The highest BCUT2D eigenvalue weighted by atomic mass is 32.1. The average Bonchev–Trinajstić information content (AvgIpc) is 2.90. The van der Waals surface area contributed by atoms with Crippen LogP contribution < -0.4 is 5.32 Å². The van der Waals surface area contributed by atoms with Crippen LogP contribution in [0.25, 0.3) is 11.0 Å². The average molecular weight is 301 g/mol. The van der Waals surface area contributed by atoms with Crippen LogP contribution in [0.2, 0.25) is 0 Å². The molecule has 3 aromatic rings. The molecule has 5 nitrogen and oxygen atoms in total. The molecule has 1 N–H and O–H groups in total. The standard InChI is InChI=1S/C15H19N5S/c1-8-13-6-12(7-16-15(13)20(5)19-8)17-9(2)14-10(3)21-11(4)18-14/h6-7,9,17H,1-5H3. The first-order valence-corrected chi connectivity index (χ1v) is 7.77. The molecule has 0 aliphatic rings. The number of hydrogen-bond donors (Lipinski definition) is 1. The van der Waals surface area contributed by atoms with E-state index >= 15 is 0 Å². The third-order valence-corrected chi connectivity index (χ3v) is 4.50. The van der Waals surface area contributed by atoms with Gasteiger partial charge in [0, 0.05) is 17.3 Å². The Bertz CT molecular complexity index is 802. The van der Waals surface area contributed by atoms with Crippen LogP contribution in [0, 0.1) is 20.8 Å². The molecular weight excluding hydrogens is 282 g/mol. The van der Waals surface area contributed by atoms with Gasteiger partial charge in [-0.15, -0.1) is 11.3 Å². The van der Waals surface area contributed by atoms with E-state index in [0.717, 1.165) is 33.1 Å². The van der Waals surface area contributed by atoms with E-state index in [1.165, 1.54) is 4.88 Å². The predicted molar refractivity (Wildman–Crippen MR) is 86.9 cm³/mol. The molecule has 0 aliphatic carbocycles. The third kappa shape index (κ3) is 2.51. The predicted octanol–water partition coefficient (Wildman–Crippen LogP) is 3.52. The summed E-state index contributed by atoms with van der Waals surface area (Å²) in [6, 6.07) is 2.27. The zero-order chi connectivity index (χ0) is 15.1. The topological polar surface area (TPSA) is 55.6 Å². The second kappa shape index (κ2) is 5.11. The zero-order valence-corrected chi connectivity index (χ0v) is 13.7. The molecular formula is C15H19N5S. The van der Waals surface area contributed by atoms with Crippen LogP contribution in [0.15, 0.2) is 12.3 Å². The van der Waals surface area contributed by atoms with Crippen LogP contribution in [0.5, 0.6) is 0 Å². The summed E-state index contributed by atoms with van der Waals surface area (Å²) >= 11 is 1.74. The number of anilines is 1. The monoisotopic (exact) mass is 301 g/mol. The third-order valence-electron chi connectivity index (χ3n) is 3.60. The maximum absolute atomic E-state index is 4.61. The van der Waals surface area contributed by atoms with Crippen molar-refractivity contribution in [2.24, 2.45) is 7.05 Å². The summed E-state index contributed by atoms with van der Waals surface area (Å²) in [7, 11) is 1.92. The van der Waals surface area contributed by atoms with Crippen LogP contribution in [0.3, 0.4) is 0 Å². The molecule has 0 radical (unpaired) electrons. The molecule has 0 saturated heterocycles. The lowest BCUT2D eigenvalue weighted by Gasteiger charge is -2.14. The van der Waals surface area contributed by atoms with Gasteiger partial charge < -0.3 is 5.32 Å². The van der Waals surface area contributed by atoms with Gasteiger partial charge in [0.15, 0.2) is 5.65 Å². The number of fused-ring (bicyclic) bond motifs is 1. The van der Waals surface area contributed by atoms with Gasteiger partial charge in [0.05, 0.1) is 34.3 Å². The normalized spacial score (nSPS) is 12.8. The first-order chi connectivity index (χ1) is 9.95. The van der Waals surface area contributed by atoms with E-state index in [2.05, 4.69) is 40.3 Å². The van der Waals surface area contributed by atoms with Crippen molar-refractivity contribution < 1.29 is 0 Å². The van der Waals surface area contributed by atoms with Gasteiger partial charge in [0.25, 0.3) is 0 Å². The molecule has 0 fully saturated rings. The molecule has 0 saturated carbocycles. The second-order valence-corrected chi connectivity index (χ2v) is 6.75. The minimum Gasteiger partial charge on any atom is -0.376 e. The molecule has 0 aromatic carbocycles. The minimum absolute atomic E-state index is 0.158. The van der Waals surface area contributed by atoms with Gasteiger partial charge in [-0.05, 0) is 33.8 Å². The molecule has 3 aromatic heterocycles. The first-order valence-electron chi connectivity index (χ1n) is 6.95. The van der Waals surface area contributed by atoms with Crippen LogP contribution in [-0.2, 0) is 7.05 Å². The number of hydrogen-bond acceptors (Lipinski definition) is 5. The Hall–Kier alpha value is -1.95. The van der Waals surface area contributed by atoms with Gasteiger partial charge in [-0.1, -0.05) is 0 Å². The van der Waals surface area contributed by atoms with Gasteiger partial charge >= 0.3 is 0 Å². The Morgan fingerprint density at radius 2 is 2.05 bits per heavy atom. The number of aromatic nitrogens is 4. The Kier molecular flexibility index (Phi) is 3.41. The van der Waals surface area contributed by atoms with Crippen LogP contribution in [-0.4, -0.2) is 19.7 Å². The summed E-state index contributed by atoms with van der Waals surface area (Å²) in [4.78, 5) is 10.4. The molecule has 0 spiro atoms. The molecule has 21 heavy (non-hydrogen) atoms. The molecule has 0 bridgehead atoms. The van der Waals surface area contributed by atoms with Crippen molar-refractivity contribution in [1.82, 2.24) is 19.7 Å². The maximum atomic E-state index is 4.61. The van der Waals surface area contributed by atoms with Gasteiger partial charge in [-0.25, -0.2) is 9.97 Å². The number of aryl methyl sites for hydroxylation is 4. The number of nitrogens with one attached hydrogen (secondary N) is 1.